The zero-order chi connectivity index (χ0) is 18.9. The van der Waals surface area contributed by atoms with Crippen LogP contribution in [0.5, 0.6) is 0 Å². The summed E-state index contributed by atoms with van der Waals surface area (Å²) in [4.78, 5) is 0. The van der Waals surface area contributed by atoms with Crippen LogP contribution >= 0.6 is 0 Å². The monoisotopic (exact) mass is 400 g/mol. The van der Waals surface area contributed by atoms with Crippen molar-refractivity contribution in [2.75, 3.05) is 39.3 Å². The summed E-state index contributed by atoms with van der Waals surface area (Å²) in [7, 11) is -4.91. The van der Waals surface area contributed by atoms with Crippen LogP contribution in [-0.2, 0) is 0 Å². The SMILES string of the molecule is CCN(CC)[Si](C)(C)N([Si](C)(C)N1CCCC1)[Si](C)(C)N1CCCC1. The molecule has 0 N–H and O–H groups in total. The Bertz CT molecular complexity index is 379. The van der Waals surface area contributed by atoms with Crippen LogP contribution < -0.4 is 0 Å². The maximum Gasteiger partial charge on any atom is 0.189 e. The number of nitrogens with zero attached hydrogens (tertiary/aromatic N) is 4. The van der Waals surface area contributed by atoms with E-state index in [1.807, 2.05) is 0 Å². The van der Waals surface area contributed by atoms with Crippen molar-refractivity contribution in [3.63, 3.8) is 0 Å². The fourth-order valence-electron chi connectivity index (χ4n) is 5.96. The molecule has 2 aliphatic rings. The first-order valence-corrected chi connectivity index (χ1v) is 19.3. The normalized spacial score (nSPS) is 21.8. The highest BCUT2D eigenvalue weighted by Gasteiger charge is 2.56. The molecule has 0 bridgehead atoms. The molecule has 0 aromatic rings. The van der Waals surface area contributed by atoms with E-state index in [4.69, 9.17) is 0 Å². The van der Waals surface area contributed by atoms with Crippen LogP contribution in [0.4, 0.5) is 0 Å². The van der Waals surface area contributed by atoms with Crippen molar-refractivity contribution < 1.29 is 0 Å². The van der Waals surface area contributed by atoms with Crippen molar-refractivity contribution in [3.8, 4) is 0 Å². The molecule has 2 aliphatic heterocycles. The molecule has 0 spiro atoms. The Balaban J connectivity index is 2.46. The van der Waals surface area contributed by atoms with E-state index in [1.54, 1.807) is 0 Å². The van der Waals surface area contributed by atoms with Crippen LogP contribution in [0.15, 0.2) is 0 Å². The van der Waals surface area contributed by atoms with Crippen LogP contribution in [0.25, 0.3) is 0 Å². The zero-order valence-corrected chi connectivity index (χ0v) is 21.4. The lowest BCUT2D eigenvalue weighted by molar-refractivity contribution is 0.402. The molecule has 0 unspecified atom stereocenters. The van der Waals surface area contributed by atoms with Crippen LogP contribution in [0, 0.1) is 0 Å². The fourth-order valence-corrected chi connectivity index (χ4v) is 29.8. The van der Waals surface area contributed by atoms with Crippen molar-refractivity contribution in [2.45, 2.75) is 78.8 Å². The average molecular weight is 401 g/mol. The molecule has 0 aliphatic carbocycles. The smallest absolute Gasteiger partial charge is 0.189 e. The summed E-state index contributed by atoms with van der Waals surface area (Å²) in [6.07, 6.45) is 5.62. The Hall–Kier alpha value is 0.491. The molecule has 0 atom stereocenters. The largest absolute Gasteiger partial charge is 0.332 e. The molecule has 2 heterocycles. The quantitative estimate of drug-likeness (QED) is 0.572. The standard InChI is InChI=1S/C18H44N4Si3/c1-9-19(10-2)23(3,4)22(24(5,6)20-15-11-12-16-20)25(7,8)21-17-13-14-18-21/h9-18H2,1-8H3. The van der Waals surface area contributed by atoms with Crippen LogP contribution in [0.1, 0.15) is 39.5 Å². The van der Waals surface area contributed by atoms with E-state index in [-0.39, 0.29) is 0 Å². The maximum atomic E-state index is 3.25. The van der Waals surface area contributed by atoms with E-state index in [2.05, 4.69) is 70.7 Å². The first kappa shape index (κ1) is 21.8. The molecule has 0 amide bonds. The van der Waals surface area contributed by atoms with Crippen molar-refractivity contribution in [3.05, 3.63) is 0 Å². The second-order valence-electron chi connectivity index (χ2n) is 9.38. The summed E-state index contributed by atoms with van der Waals surface area (Å²) in [5, 5.41) is 0. The van der Waals surface area contributed by atoms with Gasteiger partial charge in [-0.15, -0.1) is 0 Å². The van der Waals surface area contributed by atoms with Gasteiger partial charge in [0.15, 0.2) is 25.2 Å². The summed E-state index contributed by atoms with van der Waals surface area (Å²) in [6, 6.07) is 0. The number of hydrogen-bond donors (Lipinski definition) is 0. The highest BCUT2D eigenvalue weighted by molar-refractivity contribution is 7.02. The maximum absolute atomic E-state index is 3.25. The van der Waals surface area contributed by atoms with Gasteiger partial charge in [-0.3, -0.25) is 0 Å². The minimum Gasteiger partial charge on any atom is -0.332 e. The third kappa shape index (κ3) is 4.17. The van der Waals surface area contributed by atoms with E-state index in [0.29, 0.717) is 0 Å². The molecular formula is C18H44N4Si3. The zero-order valence-electron chi connectivity index (χ0n) is 18.4. The minimum absolute atomic E-state index is 1.20. The van der Waals surface area contributed by atoms with Gasteiger partial charge in [-0.1, -0.05) is 13.8 Å². The molecule has 0 radical (unpaired) electrons. The van der Waals surface area contributed by atoms with Gasteiger partial charge in [-0.25, -0.2) is 0 Å². The Labute approximate surface area is 161 Å². The minimum atomic E-state index is -1.66. The summed E-state index contributed by atoms with van der Waals surface area (Å²) in [6.45, 7) is 28.4. The van der Waals surface area contributed by atoms with E-state index < -0.39 is 25.2 Å². The molecule has 2 saturated heterocycles. The molecule has 4 nitrogen and oxygen atoms in total. The van der Waals surface area contributed by atoms with Gasteiger partial charge in [0.2, 0.25) is 0 Å². The molecule has 2 rings (SSSR count). The first-order valence-electron chi connectivity index (χ1n) is 10.7. The molecule has 7 heteroatoms. The molecule has 0 saturated carbocycles. The van der Waals surface area contributed by atoms with Crippen LogP contribution in [0.2, 0.25) is 39.3 Å². The third-order valence-electron chi connectivity index (χ3n) is 6.94. The van der Waals surface area contributed by atoms with Gasteiger partial charge in [0.25, 0.3) is 0 Å². The first-order chi connectivity index (χ1) is 11.6. The van der Waals surface area contributed by atoms with Gasteiger partial charge in [0.1, 0.15) is 0 Å². The van der Waals surface area contributed by atoms with Crippen molar-refractivity contribution in [1.29, 1.82) is 0 Å². The Morgan fingerprint density at radius 2 is 0.960 bits per heavy atom. The Morgan fingerprint density at radius 3 is 1.24 bits per heavy atom. The lowest BCUT2D eigenvalue weighted by atomic mass is 10.4. The topological polar surface area (TPSA) is 13.0 Å². The second kappa shape index (κ2) is 8.24. The van der Waals surface area contributed by atoms with E-state index in [9.17, 15) is 0 Å². The van der Waals surface area contributed by atoms with Gasteiger partial charge >= 0.3 is 0 Å². The Morgan fingerprint density at radius 1 is 0.640 bits per heavy atom. The summed E-state index contributed by atoms with van der Waals surface area (Å²) in [5.41, 5.74) is 0. The molecule has 25 heavy (non-hydrogen) atoms. The van der Waals surface area contributed by atoms with E-state index in [0.717, 1.165) is 0 Å². The second-order valence-corrected chi connectivity index (χ2v) is 22.9. The molecule has 0 aromatic carbocycles. The van der Waals surface area contributed by atoms with Gasteiger partial charge in [-0.2, -0.15) is 0 Å². The lowest BCUT2D eigenvalue weighted by Crippen LogP contribution is -2.83. The van der Waals surface area contributed by atoms with Crippen molar-refractivity contribution >= 4 is 25.2 Å². The fraction of sp³-hybridized carbons (Fsp3) is 1.00. The van der Waals surface area contributed by atoms with Crippen LogP contribution in [0.3, 0.4) is 0 Å². The van der Waals surface area contributed by atoms with Gasteiger partial charge in [-0.05, 0) is 104 Å². The van der Waals surface area contributed by atoms with Gasteiger partial charge in [0.05, 0.1) is 0 Å². The highest BCUT2D eigenvalue weighted by Crippen LogP contribution is 2.35. The number of rotatable bonds is 8. The summed E-state index contributed by atoms with van der Waals surface area (Å²) >= 11 is 0. The van der Waals surface area contributed by atoms with Crippen molar-refractivity contribution in [1.82, 2.24) is 17.6 Å². The molecule has 0 aromatic heterocycles. The highest BCUT2D eigenvalue weighted by atomic mass is 28.5. The molecule has 2 fully saturated rings. The molecular weight excluding hydrogens is 356 g/mol. The van der Waals surface area contributed by atoms with Crippen LogP contribution in [-0.4, -0.2) is 82.1 Å². The van der Waals surface area contributed by atoms with Gasteiger partial charge < -0.3 is 17.6 Å². The number of hydrogen-bond acceptors (Lipinski definition) is 4. The van der Waals surface area contributed by atoms with E-state index in [1.165, 1.54) is 65.0 Å². The third-order valence-corrected chi connectivity index (χ3v) is 26.2. The Kier molecular flexibility index (Phi) is 7.18. The average Bonchev–Trinajstić information content (AvgIpc) is 3.21. The van der Waals surface area contributed by atoms with E-state index >= 15 is 0 Å². The van der Waals surface area contributed by atoms with Crippen molar-refractivity contribution in [2.24, 2.45) is 0 Å². The predicted molar refractivity (Wildman–Crippen MR) is 119 cm³/mol. The summed E-state index contributed by atoms with van der Waals surface area (Å²) < 4.78 is 11.9. The summed E-state index contributed by atoms with van der Waals surface area (Å²) in [5.74, 6) is 0. The lowest BCUT2D eigenvalue weighted by Gasteiger charge is -2.61. The predicted octanol–water partition coefficient (Wildman–Crippen LogP) is 3.93. The van der Waals surface area contributed by atoms with Gasteiger partial charge in [0, 0.05) is 0 Å². The molecule has 148 valence electrons.